The topological polar surface area (TPSA) is 59.0 Å². The lowest BCUT2D eigenvalue weighted by molar-refractivity contribution is -0.406. The van der Waals surface area contributed by atoms with Gasteiger partial charge in [-0.15, -0.1) is 0 Å². The first-order valence-corrected chi connectivity index (χ1v) is 9.79. The summed E-state index contributed by atoms with van der Waals surface area (Å²) in [5.74, 6) is 1.04. The van der Waals surface area contributed by atoms with Crippen LogP contribution in [0.15, 0.2) is 27.8 Å². The van der Waals surface area contributed by atoms with Crippen molar-refractivity contribution in [3.63, 3.8) is 0 Å². The number of thioether (sulfide) groups is 1. The Morgan fingerprint density at radius 2 is 2.09 bits per heavy atom. The number of rotatable bonds is 4. The molecule has 0 amide bonds. The SMILES string of the molecule is Brc1ccc2[nH]c3[nH+]c(SCCN4CCCCC4)nnc3c2c1. The number of H-pyrrole nitrogens is 2. The molecule has 120 valence electrons. The van der Waals surface area contributed by atoms with Gasteiger partial charge in [0, 0.05) is 21.9 Å². The lowest BCUT2D eigenvalue weighted by Gasteiger charge is -2.25. The number of hydrogen-bond acceptors (Lipinski definition) is 4. The third-order valence-electron chi connectivity index (χ3n) is 4.30. The van der Waals surface area contributed by atoms with E-state index in [4.69, 9.17) is 0 Å². The Hall–Kier alpha value is -1.18. The second kappa shape index (κ2) is 6.75. The summed E-state index contributed by atoms with van der Waals surface area (Å²) in [6, 6.07) is 6.15. The van der Waals surface area contributed by atoms with Crippen LogP contribution in [0.1, 0.15) is 19.3 Å². The van der Waals surface area contributed by atoms with E-state index in [-0.39, 0.29) is 0 Å². The van der Waals surface area contributed by atoms with E-state index in [1.807, 2.05) is 6.07 Å². The van der Waals surface area contributed by atoms with Crippen LogP contribution in [0.3, 0.4) is 0 Å². The van der Waals surface area contributed by atoms with Gasteiger partial charge in [-0.05, 0) is 55.9 Å². The summed E-state index contributed by atoms with van der Waals surface area (Å²) in [6.45, 7) is 3.61. The highest BCUT2D eigenvalue weighted by atomic mass is 79.9. The fourth-order valence-electron chi connectivity index (χ4n) is 3.09. The lowest BCUT2D eigenvalue weighted by Crippen LogP contribution is -2.31. The number of nitrogens with one attached hydrogen (secondary N) is 2. The van der Waals surface area contributed by atoms with Crippen molar-refractivity contribution >= 4 is 49.8 Å². The van der Waals surface area contributed by atoms with Gasteiger partial charge in [-0.25, -0.2) is 4.98 Å². The molecule has 3 heterocycles. The van der Waals surface area contributed by atoms with Crippen molar-refractivity contribution in [3.8, 4) is 0 Å². The molecule has 3 aromatic rings. The van der Waals surface area contributed by atoms with E-state index in [2.05, 4.69) is 53.1 Å². The molecule has 2 N–H and O–H groups in total. The highest BCUT2D eigenvalue weighted by Crippen LogP contribution is 2.25. The molecule has 5 nitrogen and oxygen atoms in total. The number of hydrogen-bond donors (Lipinski definition) is 1. The van der Waals surface area contributed by atoms with Crippen LogP contribution in [0.5, 0.6) is 0 Å². The number of benzene rings is 1. The van der Waals surface area contributed by atoms with Crippen LogP contribution in [0.25, 0.3) is 22.1 Å². The molecule has 0 spiro atoms. The van der Waals surface area contributed by atoms with Crippen molar-refractivity contribution in [1.82, 2.24) is 20.1 Å². The average Bonchev–Trinajstić information content (AvgIpc) is 2.93. The summed E-state index contributed by atoms with van der Waals surface area (Å²) in [5, 5.41) is 10.7. The van der Waals surface area contributed by atoms with Gasteiger partial charge in [-0.3, -0.25) is 4.98 Å². The Labute approximate surface area is 147 Å². The maximum atomic E-state index is 4.41. The van der Waals surface area contributed by atoms with E-state index in [9.17, 15) is 0 Å². The van der Waals surface area contributed by atoms with E-state index in [0.29, 0.717) is 0 Å². The molecular formula is C16H19BrN5S+. The fraction of sp³-hybridized carbons (Fsp3) is 0.438. The first kappa shape index (κ1) is 15.4. The monoisotopic (exact) mass is 392 g/mol. The second-order valence-corrected chi connectivity index (χ2v) is 7.92. The zero-order chi connectivity index (χ0) is 15.6. The molecule has 1 aliphatic heterocycles. The van der Waals surface area contributed by atoms with E-state index in [1.165, 1.54) is 32.4 Å². The molecule has 1 aliphatic rings. The average molecular weight is 393 g/mol. The Morgan fingerprint density at radius 1 is 1.22 bits per heavy atom. The molecule has 2 aromatic heterocycles. The van der Waals surface area contributed by atoms with E-state index in [1.54, 1.807) is 11.8 Å². The summed E-state index contributed by atoms with van der Waals surface area (Å²) in [7, 11) is 0. The van der Waals surface area contributed by atoms with Crippen LogP contribution in [0.4, 0.5) is 0 Å². The minimum absolute atomic E-state index is 0.875. The van der Waals surface area contributed by atoms with Crippen molar-refractivity contribution in [1.29, 1.82) is 0 Å². The highest BCUT2D eigenvalue weighted by Gasteiger charge is 2.16. The van der Waals surface area contributed by atoms with E-state index in [0.717, 1.165) is 44.0 Å². The first-order chi connectivity index (χ1) is 11.3. The Bertz CT molecular complexity index is 828. The summed E-state index contributed by atoms with van der Waals surface area (Å²) in [6.07, 6.45) is 4.07. The Kier molecular flexibility index (Phi) is 4.50. The molecule has 0 atom stereocenters. The first-order valence-electron chi connectivity index (χ1n) is 8.02. The van der Waals surface area contributed by atoms with E-state index < -0.39 is 0 Å². The predicted octanol–water partition coefficient (Wildman–Crippen LogP) is 3.27. The fourth-order valence-corrected chi connectivity index (χ4v) is 4.27. The van der Waals surface area contributed by atoms with Crippen LogP contribution < -0.4 is 4.98 Å². The third kappa shape index (κ3) is 3.36. The zero-order valence-electron chi connectivity index (χ0n) is 12.8. The van der Waals surface area contributed by atoms with Crippen LogP contribution in [0, 0.1) is 0 Å². The molecule has 0 aliphatic carbocycles. The summed E-state index contributed by atoms with van der Waals surface area (Å²) in [4.78, 5) is 9.30. The van der Waals surface area contributed by atoms with Gasteiger partial charge in [-0.2, -0.15) is 0 Å². The van der Waals surface area contributed by atoms with Crippen molar-refractivity contribution in [2.24, 2.45) is 0 Å². The molecule has 0 saturated carbocycles. The molecule has 1 fully saturated rings. The number of aromatic amines is 2. The maximum absolute atomic E-state index is 4.41. The van der Waals surface area contributed by atoms with Gasteiger partial charge < -0.3 is 4.90 Å². The van der Waals surface area contributed by atoms with Gasteiger partial charge >= 0.3 is 5.16 Å². The molecule has 0 bridgehead atoms. The lowest BCUT2D eigenvalue weighted by atomic mass is 10.1. The number of piperidine rings is 1. The van der Waals surface area contributed by atoms with Gasteiger partial charge in [0.15, 0.2) is 5.52 Å². The number of fused-ring (bicyclic) bond motifs is 3. The predicted molar refractivity (Wildman–Crippen MR) is 96.7 cm³/mol. The number of likely N-dealkylation sites (tertiary alicyclic amines) is 1. The van der Waals surface area contributed by atoms with Crippen LogP contribution >= 0.6 is 27.7 Å². The van der Waals surface area contributed by atoms with Crippen LogP contribution in [0.2, 0.25) is 0 Å². The summed E-state index contributed by atoms with van der Waals surface area (Å²) in [5.41, 5.74) is 2.90. The van der Waals surface area contributed by atoms with Gasteiger partial charge in [0.2, 0.25) is 0 Å². The van der Waals surface area contributed by atoms with Crippen LogP contribution in [-0.4, -0.2) is 45.5 Å². The van der Waals surface area contributed by atoms with Crippen molar-refractivity contribution in [2.45, 2.75) is 24.4 Å². The summed E-state index contributed by atoms with van der Waals surface area (Å²) >= 11 is 5.25. The minimum atomic E-state index is 0.875. The van der Waals surface area contributed by atoms with Crippen molar-refractivity contribution < 1.29 is 4.98 Å². The smallest absolute Gasteiger partial charge is 0.303 e. The van der Waals surface area contributed by atoms with Crippen molar-refractivity contribution in [3.05, 3.63) is 22.7 Å². The molecule has 23 heavy (non-hydrogen) atoms. The van der Waals surface area contributed by atoms with Gasteiger partial charge in [0.05, 0.1) is 5.39 Å². The Morgan fingerprint density at radius 3 is 2.96 bits per heavy atom. The van der Waals surface area contributed by atoms with Gasteiger partial charge in [0.25, 0.3) is 5.65 Å². The normalized spacial score (nSPS) is 16.4. The number of nitrogens with zero attached hydrogens (tertiary/aromatic N) is 3. The van der Waals surface area contributed by atoms with Crippen LogP contribution in [-0.2, 0) is 0 Å². The third-order valence-corrected chi connectivity index (χ3v) is 5.64. The molecule has 0 unspecified atom stereocenters. The number of aromatic nitrogens is 4. The molecule has 4 rings (SSSR count). The molecule has 1 aromatic carbocycles. The maximum Gasteiger partial charge on any atom is 0.321 e. The Balaban J connectivity index is 1.49. The number of halogens is 1. The molecular weight excluding hydrogens is 374 g/mol. The standard InChI is InChI=1S/C16H18BrN5S/c17-11-4-5-13-12(10-11)14-15(18-13)19-16(21-20-14)23-9-8-22-6-2-1-3-7-22/h4-5,10H,1-3,6-9H2,(H,18,19,21)/p+1. The highest BCUT2D eigenvalue weighted by molar-refractivity contribution is 9.10. The molecule has 0 radical (unpaired) electrons. The van der Waals surface area contributed by atoms with Gasteiger partial charge in [-0.1, -0.05) is 27.4 Å². The quantitative estimate of drug-likeness (QED) is 0.692. The van der Waals surface area contributed by atoms with Gasteiger partial charge in [0.1, 0.15) is 5.52 Å². The summed E-state index contributed by atoms with van der Waals surface area (Å²) < 4.78 is 1.05. The molecule has 1 saturated heterocycles. The second-order valence-electron chi connectivity index (χ2n) is 5.92. The molecule has 7 heteroatoms. The zero-order valence-corrected chi connectivity index (χ0v) is 15.2. The van der Waals surface area contributed by atoms with Crippen molar-refractivity contribution in [2.75, 3.05) is 25.4 Å². The van der Waals surface area contributed by atoms with E-state index >= 15 is 0 Å². The minimum Gasteiger partial charge on any atom is -0.303 e. The largest absolute Gasteiger partial charge is 0.321 e.